The quantitative estimate of drug-likeness (QED) is 0.174. The molecule has 238 valence electrons. The Morgan fingerprint density at radius 3 is 1.71 bits per heavy atom. The lowest BCUT2D eigenvalue weighted by molar-refractivity contribution is 0.674. The molecule has 3 heteroatoms. The zero-order chi connectivity index (χ0) is 33.7. The summed E-state index contributed by atoms with van der Waals surface area (Å²) in [6.45, 7) is 0. The van der Waals surface area contributed by atoms with E-state index in [9.17, 15) is 0 Å². The summed E-state index contributed by atoms with van der Waals surface area (Å²) < 4.78 is 6.82. The Hall–Kier alpha value is -6.84. The highest BCUT2D eigenvalue weighted by atomic mass is 16.3. The monoisotopic (exact) mass is 650 g/mol. The molecule has 10 aromatic rings. The van der Waals surface area contributed by atoms with E-state index in [0.29, 0.717) is 5.82 Å². The smallest absolute Gasteiger partial charge is 0.160 e. The highest BCUT2D eigenvalue weighted by Gasteiger charge is 2.17. The SMILES string of the molecule is c1ccc(-c2cccc(-c3nc(-c4ccccc4)cc(-c4ccc(-c5cccc6c5oc5c6ccc6ccc7ccccc7c65)cc4)n3)c2)cc1. The van der Waals surface area contributed by atoms with E-state index < -0.39 is 0 Å². The van der Waals surface area contributed by atoms with Gasteiger partial charge in [-0.15, -0.1) is 0 Å². The van der Waals surface area contributed by atoms with Gasteiger partial charge in [-0.2, -0.15) is 0 Å². The van der Waals surface area contributed by atoms with Gasteiger partial charge < -0.3 is 4.42 Å². The predicted molar refractivity (Wildman–Crippen MR) is 212 cm³/mol. The van der Waals surface area contributed by atoms with Crippen molar-refractivity contribution in [2.75, 3.05) is 0 Å². The standard InChI is InChI=1S/C48H30N2O/c1-3-11-31(12-4-1)37-16-9-17-38(29-37)48-49-43(34-14-5-2-6-15-34)30-44(50-48)35-24-21-33(22-25-35)40-19-10-20-41-42-28-27-36-26-23-32-13-7-8-18-39(32)45(36)47(42)51-46(40)41/h1-30H. The van der Waals surface area contributed by atoms with Crippen molar-refractivity contribution in [2.45, 2.75) is 0 Å². The average molecular weight is 651 g/mol. The lowest BCUT2D eigenvalue weighted by Gasteiger charge is -2.11. The van der Waals surface area contributed by atoms with Crippen LogP contribution in [0.25, 0.3) is 99.6 Å². The molecule has 51 heavy (non-hydrogen) atoms. The lowest BCUT2D eigenvalue weighted by Crippen LogP contribution is -1.96. The summed E-state index contributed by atoms with van der Waals surface area (Å²) in [5.74, 6) is 0.694. The van der Waals surface area contributed by atoms with Crippen LogP contribution in [0.1, 0.15) is 0 Å². The summed E-state index contributed by atoms with van der Waals surface area (Å²) in [6, 6.07) is 63.7. The number of hydrogen-bond acceptors (Lipinski definition) is 3. The Morgan fingerprint density at radius 1 is 0.333 bits per heavy atom. The van der Waals surface area contributed by atoms with Crippen molar-refractivity contribution in [1.29, 1.82) is 0 Å². The Morgan fingerprint density at radius 2 is 0.902 bits per heavy atom. The van der Waals surface area contributed by atoms with Crippen LogP contribution in [0.4, 0.5) is 0 Å². The van der Waals surface area contributed by atoms with Crippen LogP contribution >= 0.6 is 0 Å². The minimum absolute atomic E-state index is 0.694. The highest BCUT2D eigenvalue weighted by Crippen LogP contribution is 2.41. The van der Waals surface area contributed by atoms with Gasteiger partial charge >= 0.3 is 0 Å². The first-order valence-electron chi connectivity index (χ1n) is 17.2. The van der Waals surface area contributed by atoms with E-state index in [2.05, 4.69) is 158 Å². The Bertz CT molecular complexity index is 2890. The lowest BCUT2D eigenvalue weighted by atomic mass is 9.98. The Balaban J connectivity index is 1.08. The molecule has 0 aliphatic heterocycles. The minimum Gasteiger partial charge on any atom is -0.455 e. The summed E-state index contributed by atoms with van der Waals surface area (Å²) in [5, 5.41) is 7.00. The fraction of sp³-hybridized carbons (Fsp3) is 0. The van der Waals surface area contributed by atoms with Crippen LogP contribution in [-0.4, -0.2) is 9.97 Å². The van der Waals surface area contributed by atoms with Crippen molar-refractivity contribution in [2.24, 2.45) is 0 Å². The minimum atomic E-state index is 0.694. The van der Waals surface area contributed by atoms with Crippen LogP contribution in [-0.2, 0) is 0 Å². The van der Waals surface area contributed by atoms with Gasteiger partial charge in [-0.1, -0.05) is 164 Å². The maximum absolute atomic E-state index is 6.82. The van der Waals surface area contributed by atoms with E-state index in [1.54, 1.807) is 0 Å². The Kier molecular flexibility index (Phi) is 6.81. The maximum Gasteiger partial charge on any atom is 0.160 e. The zero-order valence-corrected chi connectivity index (χ0v) is 27.6. The molecule has 0 bridgehead atoms. The van der Waals surface area contributed by atoms with Crippen molar-refractivity contribution < 1.29 is 4.42 Å². The molecule has 0 N–H and O–H groups in total. The van der Waals surface area contributed by atoms with Gasteiger partial charge in [0.25, 0.3) is 0 Å². The molecule has 2 heterocycles. The van der Waals surface area contributed by atoms with E-state index in [0.717, 1.165) is 77.7 Å². The fourth-order valence-electron chi connectivity index (χ4n) is 7.34. The van der Waals surface area contributed by atoms with Crippen LogP contribution in [0.3, 0.4) is 0 Å². The van der Waals surface area contributed by atoms with Gasteiger partial charge in [0.15, 0.2) is 5.82 Å². The summed E-state index contributed by atoms with van der Waals surface area (Å²) in [7, 11) is 0. The van der Waals surface area contributed by atoms with Gasteiger partial charge in [0.2, 0.25) is 0 Å². The Labute approximate surface area is 295 Å². The maximum atomic E-state index is 6.82. The molecule has 0 fully saturated rings. The van der Waals surface area contributed by atoms with Crippen LogP contribution in [0.15, 0.2) is 186 Å². The second kappa shape index (κ2) is 11.9. The molecule has 2 aromatic heterocycles. The normalized spacial score (nSPS) is 11.5. The van der Waals surface area contributed by atoms with Crippen LogP contribution in [0.2, 0.25) is 0 Å². The van der Waals surface area contributed by atoms with Crippen LogP contribution in [0, 0.1) is 0 Å². The number of aromatic nitrogens is 2. The molecule has 10 rings (SSSR count). The van der Waals surface area contributed by atoms with Gasteiger partial charge in [0.1, 0.15) is 11.2 Å². The second-order valence-corrected chi connectivity index (χ2v) is 13.0. The van der Waals surface area contributed by atoms with Crippen molar-refractivity contribution in [3.8, 4) is 56.2 Å². The first-order chi connectivity index (χ1) is 25.3. The number of fused-ring (bicyclic) bond motifs is 7. The van der Waals surface area contributed by atoms with E-state index in [4.69, 9.17) is 14.4 Å². The second-order valence-electron chi connectivity index (χ2n) is 13.0. The first-order valence-corrected chi connectivity index (χ1v) is 17.2. The summed E-state index contributed by atoms with van der Waals surface area (Å²) >= 11 is 0. The van der Waals surface area contributed by atoms with Crippen molar-refractivity contribution in [3.63, 3.8) is 0 Å². The number of rotatable bonds is 5. The van der Waals surface area contributed by atoms with Crippen LogP contribution < -0.4 is 0 Å². The molecular weight excluding hydrogens is 621 g/mol. The van der Waals surface area contributed by atoms with E-state index in [-0.39, 0.29) is 0 Å². The molecule has 0 saturated carbocycles. The highest BCUT2D eigenvalue weighted by molar-refractivity contribution is 6.23. The largest absolute Gasteiger partial charge is 0.455 e. The van der Waals surface area contributed by atoms with Crippen molar-refractivity contribution in [3.05, 3.63) is 182 Å². The fourth-order valence-corrected chi connectivity index (χ4v) is 7.34. The van der Waals surface area contributed by atoms with Gasteiger partial charge in [0, 0.05) is 38.4 Å². The van der Waals surface area contributed by atoms with Gasteiger partial charge in [-0.3, -0.25) is 0 Å². The number of furan rings is 1. The van der Waals surface area contributed by atoms with E-state index >= 15 is 0 Å². The first kappa shape index (κ1) is 29.1. The number of para-hydroxylation sites is 1. The molecule has 0 spiro atoms. The summed E-state index contributed by atoms with van der Waals surface area (Å²) in [6.07, 6.45) is 0. The van der Waals surface area contributed by atoms with Gasteiger partial charge in [0.05, 0.1) is 11.4 Å². The molecule has 0 saturated heterocycles. The van der Waals surface area contributed by atoms with E-state index in [1.807, 2.05) is 24.3 Å². The van der Waals surface area contributed by atoms with Gasteiger partial charge in [-0.25, -0.2) is 9.97 Å². The number of nitrogens with zero attached hydrogens (tertiary/aromatic N) is 2. The molecule has 0 aliphatic rings. The van der Waals surface area contributed by atoms with Crippen LogP contribution in [0.5, 0.6) is 0 Å². The summed E-state index contributed by atoms with van der Waals surface area (Å²) in [5.41, 5.74) is 11.1. The zero-order valence-electron chi connectivity index (χ0n) is 27.6. The molecule has 0 unspecified atom stereocenters. The summed E-state index contributed by atoms with van der Waals surface area (Å²) in [4.78, 5) is 10.2. The molecule has 0 amide bonds. The third-order valence-electron chi connectivity index (χ3n) is 9.89. The van der Waals surface area contributed by atoms with E-state index in [1.165, 1.54) is 16.2 Å². The van der Waals surface area contributed by atoms with Crippen molar-refractivity contribution in [1.82, 2.24) is 9.97 Å². The third-order valence-corrected chi connectivity index (χ3v) is 9.89. The molecule has 0 aliphatic carbocycles. The average Bonchev–Trinajstić information content (AvgIpc) is 3.60. The molecule has 0 atom stereocenters. The van der Waals surface area contributed by atoms with Crippen molar-refractivity contribution >= 4 is 43.5 Å². The molecular formula is C48H30N2O. The predicted octanol–water partition coefficient (Wildman–Crippen LogP) is 13.0. The number of hydrogen-bond donors (Lipinski definition) is 0. The van der Waals surface area contributed by atoms with Gasteiger partial charge in [-0.05, 0) is 51.0 Å². The molecule has 8 aromatic carbocycles. The number of benzene rings is 8. The molecule has 3 nitrogen and oxygen atoms in total. The molecule has 0 radical (unpaired) electrons. The topological polar surface area (TPSA) is 38.9 Å². The third kappa shape index (κ3) is 5.06.